The lowest BCUT2D eigenvalue weighted by Crippen LogP contribution is -2.50. The van der Waals surface area contributed by atoms with E-state index in [0.717, 1.165) is 30.6 Å². The minimum absolute atomic E-state index is 0. The van der Waals surface area contributed by atoms with Gasteiger partial charge in [0.25, 0.3) is 0 Å². The molecule has 0 bridgehead atoms. The number of rotatable bonds is 8. The van der Waals surface area contributed by atoms with Crippen LogP contribution in [-0.4, -0.2) is 53.2 Å². The van der Waals surface area contributed by atoms with Gasteiger partial charge in [0.2, 0.25) is 5.91 Å². The molecule has 0 radical (unpaired) electrons. The van der Waals surface area contributed by atoms with Crippen LogP contribution < -0.4 is 5.32 Å². The molecule has 0 aromatic heterocycles. The van der Waals surface area contributed by atoms with Gasteiger partial charge < -0.3 is 20.4 Å². The average molecular weight is 491 g/mol. The van der Waals surface area contributed by atoms with E-state index in [2.05, 4.69) is 30.1 Å². The summed E-state index contributed by atoms with van der Waals surface area (Å²) in [6, 6.07) is 17.3. The number of phenolic OH excluding ortho intramolecular Hbond substituents is 1. The normalized spacial score (nSPS) is 20.6. The molecule has 3 rings (SSSR count). The molecular formula is C27H42N2O4S. The molecule has 0 spiro atoms. The lowest BCUT2D eigenvalue weighted by atomic mass is 9.68. The number of nitrogens with zero attached hydrogens (tertiary/aromatic N) is 1. The number of carbonyl (C=O) groups is 2. The Bertz CT molecular complexity index is 909. The zero-order valence-corrected chi connectivity index (χ0v) is 19.8. The van der Waals surface area contributed by atoms with Crippen molar-refractivity contribution in [2.75, 3.05) is 26.2 Å². The summed E-state index contributed by atoms with van der Waals surface area (Å²) in [4.78, 5) is 26.0. The van der Waals surface area contributed by atoms with Gasteiger partial charge in [-0.1, -0.05) is 71.2 Å². The second kappa shape index (κ2) is 14.0. The smallest absolute Gasteiger partial charge is 0.322 e. The molecular weight excluding hydrogens is 448 g/mol. The van der Waals surface area contributed by atoms with Gasteiger partial charge in [0, 0.05) is 13.1 Å². The molecule has 1 saturated heterocycles. The first kappa shape index (κ1) is 31.5. The van der Waals surface area contributed by atoms with Crippen molar-refractivity contribution >= 4 is 25.4 Å². The number of likely N-dealkylation sites (tertiary alicyclic amines) is 1. The molecule has 2 aromatic rings. The molecule has 0 saturated carbocycles. The van der Waals surface area contributed by atoms with Crippen LogP contribution in [0.2, 0.25) is 0 Å². The zero-order valence-electron chi connectivity index (χ0n) is 18.8. The molecule has 1 aliphatic heterocycles. The summed E-state index contributed by atoms with van der Waals surface area (Å²) in [6.45, 7) is 6.35. The predicted molar refractivity (Wildman–Crippen MR) is 144 cm³/mol. The van der Waals surface area contributed by atoms with E-state index in [1.165, 1.54) is 0 Å². The molecule has 6 nitrogen and oxygen atoms in total. The Kier molecular flexibility index (Phi) is 13.0. The van der Waals surface area contributed by atoms with E-state index in [0.29, 0.717) is 18.9 Å². The van der Waals surface area contributed by atoms with Crippen LogP contribution in [0, 0.1) is 11.8 Å². The third-order valence-electron chi connectivity index (χ3n) is 6.66. The molecule has 1 heterocycles. The van der Waals surface area contributed by atoms with Gasteiger partial charge in [0.05, 0.1) is 5.92 Å². The summed E-state index contributed by atoms with van der Waals surface area (Å²) in [7, 11) is 0. The first-order valence-electron chi connectivity index (χ1n) is 10.8. The molecule has 1 amide bonds. The van der Waals surface area contributed by atoms with Crippen molar-refractivity contribution in [3.05, 3.63) is 65.7 Å². The summed E-state index contributed by atoms with van der Waals surface area (Å²) in [5.41, 5.74) is 2.16. The number of benzene rings is 2. The van der Waals surface area contributed by atoms with Crippen molar-refractivity contribution < 1.29 is 19.8 Å². The Morgan fingerprint density at radius 2 is 1.82 bits per heavy atom. The van der Waals surface area contributed by atoms with E-state index >= 15 is 0 Å². The summed E-state index contributed by atoms with van der Waals surface area (Å²) in [5, 5.41) is 21.4. The molecule has 7 heteroatoms. The molecule has 190 valence electrons. The lowest BCUT2D eigenvalue weighted by Gasteiger charge is -2.45. The maximum absolute atomic E-state index is 12.8. The van der Waals surface area contributed by atoms with Crippen LogP contribution in [0.4, 0.5) is 0 Å². The highest BCUT2D eigenvalue weighted by Crippen LogP contribution is 2.40. The first-order chi connectivity index (χ1) is 14.8. The van der Waals surface area contributed by atoms with Gasteiger partial charge in [0.1, 0.15) is 12.3 Å². The number of aromatic hydroxyl groups is 1. The van der Waals surface area contributed by atoms with Crippen LogP contribution in [0.5, 0.6) is 5.75 Å². The highest BCUT2D eigenvalue weighted by molar-refractivity contribution is 7.59. The first-order valence-corrected chi connectivity index (χ1v) is 10.8. The average Bonchev–Trinajstić information content (AvgIpc) is 2.75. The molecule has 3 atom stereocenters. The largest absolute Gasteiger partial charge is 0.508 e. The SMILES string of the molecule is C.C.C[C@H]1CN(C[C@H](Cc2ccccc2)C(=O)NCC(=O)O)CCC1(C)c1cccc(O)c1.S. The summed E-state index contributed by atoms with van der Waals surface area (Å²) < 4.78 is 0. The van der Waals surface area contributed by atoms with E-state index in [1.54, 1.807) is 6.07 Å². The van der Waals surface area contributed by atoms with Crippen molar-refractivity contribution in [2.24, 2.45) is 11.8 Å². The van der Waals surface area contributed by atoms with E-state index in [1.807, 2.05) is 42.5 Å². The standard InChI is InChI=1S/C25H32N2O4.2CH4.H2S/c1-18-16-27(12-11-25(18,2)21-9-6-10-22(28)14-21)17-20(24(31)26-15-23(29)30)13-19-7-4-3-5-8-19;;;/h3-10,14,18,20,28H,11-13,15-17H2,1-2H3,(H,26,31)(H,29,30);2*1H4;1H2/t18-,20-,25?;;;/m0.../s1. The molecule has 1 fully saturated rings. The number of carboxylic acid groups (broad SMARTS) is 1. The van der Waals surface area contributed by atoms with Crippen LogP contribution in [0.15, 0.2) is 54.6 Å². The topological polar surface area (TPSA) is 89.9 Å². The highest BCUT2D eigenvalue weighted by atomic mass is 32.1. The fourth-order valence-electron chi connectivity index (χ4n) is 4.53. The van der Waals surface area contributed by atoms with Gasteiger partial charge in [-0.25, -0.2) is 0 Å². The van der Waals surface area contributed by atoms with Gasteiger partial charge >= 0.3 is 5.97 Å². The monoisotopic (exact) mass is 490 g/mol. The predicted octanol–water partition coefficient (Wildman–Crippen LogP) is 4.44. The highest BCUT2D eigenvalue weighted by Gasteiger charge is 2.39. The molecule has 0 aliphatic carbocycles. The maximum atomic E-state index is 12.8. The van der Waals surface area contributed by atoms with Crippen molar-refractivity contribution in [3.8, 4) is 5.75 Å². The van der Waals surface area contributed by atoms with E-state index in [4.69, 9.17) is 5.11 Å². The lowest BCUT2D eigenvalue weighted by molar-refractivity contribution is -0.138. The number of hydrogen-bond acceptors (Lipinski definition) is 4. The molecule has 3 N–H and O–H groups in total. The van der Waals surface area contributed by atoms with Gasteiger partial charge in [-0.15, -0.1) is 0 Å². The fraction of sp³-hybridized carbons (Fsp3) is 0.481. The number of nitrogens with one attached hydrogen (secondary N) is 1. The molecule has 34 heavy (non-hydrogen) atoms. The van der Waals surface area contributed by atoms with Crippen LogP contribution >= 0.6 is 13.5 Å². The van der Waals surface area contributed by atoms with E-state index in [-0.39, 0.29) is 57.9 Å². The van der Waals surface area contributed by atoms with Gasteiger partial charge in [-0.2, -0.15) is 13.5 Å². The molecule has 2 aromatic carbocycles. The molecule has 1 unspecified atom stereocenters. The van der Waals surface area contributed by atoms with E-state index < -0.39 is 5.97 Å². The Hall–Kier alpha value is -2.51. The third kappa shape index (κ3) is 8.06. The maximum Gasteiger partial charge on any atom is 0.322 e. The summed E-state index contributed by atoms with van der Waals surface area (Å²) in [5.74, 6) is -0.964. The Balaban J connectivity index is 0.00000363. The summed E-state index contributed by atoms with van der Waals surface area (Å²) >= 11 is 0. The number of hydrogen-bond donors (Lipinski definition) is 3. The number of carboxylic acids is 1. The number of phenols is 1. The van der Waals surface area contributed by atoms with Gasteiger partial charge in [0.15, 0.2) is 0 Å². The quantitative estimate of drug-likeness (QED) is 0.509. The van der Waals surface area contributed by atoms with Crippen LogP contribution in [0.25, 0.3) is 0 Å². The van der Waals surface area contributed by atoms with Gasteiger partial charge in [-0.05, 0) is 54.0 Å². The Morgan fingerprint density at radius 3 is 2.41 bits per heavy atom. The van der Waals surface area contributed by atoms with Crippen LogP contribution in [0.3, 0.4) is 0 Å². The number of piperidine rings is 1. The van der Waals surface area contributed by atoms with Crippen molar-refractivity contribution in [1.82, 2.24) is 10.2 Å². The minimum Gasteiger partial charge on any atom is -0.508 e. The van der Waals surface area contributed by atoms with Crippen molar-refractivity contribution in [1.29, 1.82) is 0 Å². The zero-order chi connectivity index (χ0) is 22.4. The minimum atomic E-state index is -1.04. The second-order valence-corrected chi connectivity index (χ2v) is 8.88. The third-order valence-corrected chi connectivity index (χ3v) is 6.66. The summed E-state index contributed by atoms with van der Waals surface area (Å²) in [6.07, 6.45) is 1.49. The van der Waals surface area contributed by atoms with Crippen molar-refractivity contribution in [2.45, 2.75) is 47.0 Å². The van der Waals surface area contributed by atoms with Crippen LogP contribution in [-0.2, 0) is 21.4 Å². The Labute approximate surface area is 211 Å². The number of amides is 1. The van der Waals surface area contributed by atoms with Crippen LogP contribution in [0.1, 0.15) is 46.2 Å². The second-order valence-electron chi connectivity index (χ2n) is 8.88. The van der Waals surface area contributed by atoms with Crippen molar-refractivity contribution in [3.63, 3.8) is 0 Å². The van der Waals surface area contributed by atoms with Gasteiger partial charge in [-0.3, -0.25) is 9.59 Å². The number of carbonyl (C=O) groups excluding carboxylic acids is 1. The molecule has 1 aliphatic rings. The van der Waals surface area contributed by atoms with E-state index in [9.17, 15) is 14.7 Å². The fourth-order valence-corrected chi connectivity index (χ4v) is 4.53. The number of aliphatic carboxylic acids is 1. The Morgan fingerprint density at radius 1 is 1.15 bits per heavy atom.